The molecule has 0 spiro atoms. The van der Waals surface area contributed by atoms with Gasteiger partial charge in [-0.3, -0.25) is 4.98 Å². The molecule has 1 N–H and O–H groups in total. The predicted octanol–water partition coefficient (Wildman–Crippen LogP) is 4.82. The highest BCUT2D eigenvalue weighted by molar-refractivity contribution is 9.10. The molecule has 1 aromatic heterocycles. The van der Waals surface area contributed by atoms with E-state index in [1.807, 2.05) is 48.7 Å². The van der Waals surface area contributed by atoms with Gasteiger partial charge in [0.25, 0.3) is 0 Å². The Kier molecular flexibility index (Phi) is 4.58. The number of aliphatic hydroxyl groups is 1. The molecule has 1 heterocycles. The smallest absolute Gasteiger partial charge is 0.0904 e. The fourth-order valence-electron chi connectivity index (χ4n) is 2.23. The van der Waals surface area contributed by atoms with Crippen molar-refractivity contribution < 1.29 is 5.11 Å². The van der Waals surface area contributed by atoms with Crippen LogP contribution in [0.2, 0.25) is 0 Å². The van der Waals surface area contributed by atoms with Crippen molar-refractivity contribution in [3.63, 3.8) is 0 Å². The van der Waals surface area contributed by atoms with Gasteiger partial charge < -0.3 is 5.11 Å². The molecule has 1 atom stereocenters. The molecule has 0 aliphatic rings. The summed E-state index contributed by atoms with van der Waals surface area (Å²) in [4.78, 5) is 5.36. The van der Waals surface area contributed by atoms with E-state index in [-0.39, 0.29) is 0 Å². The molecule has 106 valence electrons. The van der Waals surface area contributed by atoms with Crippen LogP contribution in [-0.4, -0.2) is 15.8 Å². The van der Waals surface area contributed by atoms with Gasteiger partial charge in [-0.2, -0.15) is 0 Å². The number of nitrogens with zero attached hydrogens (tertiary/aromatic N) is 1. The van der Waals surface area contributed by atoms with Gasteiger partial charge in [0.15, 0.2) is 0 Å². The van der Waals surface area contributed by atoms with E-state index in [4.69, 9.17) is 0 Å². The molecule has 1 unspecified atom stereocenters. The van der Waals surface area contributed by atoms with Gasteiger partial charge >= 0.3 is 0 Å². The summed E-state index contributed by atoms with van der Waals surface area (Å²) in [5.41, 5.74) is 0.885. The summed E-state index contributed by atoms with van der Waals surface area (Å²) in [6, 6.07) is 16.1. The van der Waals surface area contributed by atoms with Crippen LogP contribution < -0.4 is 0 Å². The molecule has 0 saturated heterocycles. The lowest BCUT2D eigenvalue weighted by molar-refractivity contribution is 0.205. The molecule has 0 radical (unpaired) electrons. The maximum atomic E-state index is 10.5. The van der Waals surface area contributed by atoms with E-state index in [2.05, 4.69) is 27.0 Å². The Labute approximate surface area is 136 Å². The lowest BCUT2D eigenvalue weighted by atomic mass is 10.0. The number of hydrogen-bond donors (Lipinski definition) is 1. The van der Waals surface area contributed by atoms with Gasteiger partial charge in [0.05, 0.1) is 6.10 Å². The van der Waals surface area contributed by atoms with Crippen molar-refractivity contribution in [2.24, 2.45) is 0 Å². The van der Waals surface area contributed by atoms with Crippen molar-refractivity contribution in [1.82, 2.24) is 4.98 Å². The Morgan fingerprint density at radius 1 is 1.10 bits per heavy atom. The van der Waals surface area contributed by atoms with Crippen LogP contribution >= 0.6 is 27.7 Å². The van der Waals surface area contributed by atoms with Gasteiger partial charge in [-0.05, 0) is 23.6 Å². The van der Waals surface area contributed by atoms with Crippen molar-refractivity contribution in [2.45, 2.75) is 11.0 Å². The molecule has 0 aliphatic heterocycles. The molecule has 0 aliphatic carbocycles. The van der Waals surface area contributed by atoms with Crippen LogP contribution in [0.4, 0.5) is 0 Å². The summed E-state index contributed by atoms with van der Waals surface area (Å²) >= 11 is 5.10. The quantitative estimate of drug-likeness (QED) is 0.677. The molecule has 0 bridgehead atoms. The van der Waals surface area contributed by atoms with Gasteiger partial charge in [0.1, 0.15) is 0 Å². The minimum absolute atomic E-state index is 0.535. The Morgan fingerprint density at radius 2 is 1.95 bits per heavy atom. The van der Waals surface area contributed by atoms with Gasteiger partial charge in [0, 0.05) is 38.5 Å². The lowest BCUT2D eigenvalue weighted by Crippen LogP contribution is -2.02. The fraction of sp³-hybridized carbons (Fsp3) is 0.118. The summed E-state index contributed by atoms with van der Waals surface area (Å²) in [5.74, 6) is 0.603. The number of aliphatic hydroxyl groups excluding tert-OH is 1. The van der Waals surface area contributed by atoms with E-state index in [1.54, 1.807) is 18.0 Å². The Hall–Kier alpha value is -1.36. The van der Waals surface area contributed by atoms with Gasteiger partial charge in [-0.25, -0.2) is 0 Å². The van der Waals surface area contributed by atoms with E-state index in [1.165, 1.54) is 0 Å². The molecule has 3 aromatic rings. The Morgan fingerprint density at radius 3 is 2.81 bits per heavy atom. The topological polar surface area (TPSA) is 33.1 Å². The zero-order chi connectivity index (χ0) is 14.7. The Balaban J connectivity index is 1.79. The van der Waals surface area contributed by atoms with Crippen molar-refractivity contribution in [3.8, 4) is 0 Å². The average molecular weight is 360 g/mol. The van der Waals surface area contributed by atoms with Crippen molar-refractivity contribution in [1.29, 1.82) is 0 Å². The van der Waals surface area contributed by atoms with Crippen LogP contribution in [0.1, 0.15) is 11.7 Å². The fourth-order valence-corrected chi connectivity index (χ4v) is 3.69. The second kappa shape index (κ2) is 6.60. The first-order valence-corrected chi connectivity index (χ1v) is 8.41. The number of thioether (sulfide) groups is 1. The number of rotatable bonds is 4. The van der Waals surface area contributed by atoms with Crippen molar-refractivity contribution in [2.75, 3.05) is 5.75 Å². The standard InChI is InChI=1S/C17H14BrNOS/c18-13-5-3-6-14(8-13)21-11-17(20)16-10-19-9-12-4-1-2-7-15(12)16/h1-10,17,20H,11H2. The highest BCUT2D eigenvalue weighted by Gasteiger charge is 2.12. The first-order valence-electron chi connectivity index (χ1n) is 6.63. The molecule has 2 nitrogen and oxygen atoms in total. The Bertz CT molecular complexity index is 757. The number of benzene rings is 2. The zero-order valence-corrected chi connectivity index (χ0v) is 13.6. The van der Waals surface area contributed by atoms with E-state index in [9.17, 15) is 5.11 Å². The van der Waals surface area contributed by atoms with Crippen molar-refractivity contribution in [3.05, 3.63) is 71.0 Å². The molecule has 4 heteroatoms. The number of halogens is 1. The second-order valence-corrected chi connectivity index (χ2v) is 6.74. The third-order valence-electron chi connectivity index (χ3n) is 3.26. The molecule has 0 saturated carbocycles. The summed E-state index contributed by atoms with van der Waals surface area (Å²) in [7, 11) is 0. The predicted molar refractivity (Wildman–Crippen MR) is 91.6 cm³/mol. The number of pyridine rings is 1. The minimum Gasteiger partial charge on any atom is -0.387 e. The summed E-state index contributed by atoms with van der Waals surface area (Å²) in [6.45, 7) is 0. The maximum Gasteiger partial charge on any atom is 0.0904 e. The van der Waals surface area contributed by atoms with Crippen molar-refractivity contribution >= 4 is 38.5 Å². The van der Waals surface area contributed by atoms with Gasteiger partial charge in [-0.15, -0.1) is 11.8 Å². The molecule has 2 aromatic carbocycles. The zero-order valence-electron chi connectivity index (χ0n) is 11.2. The normalized spacial score (nSPS) is 12.5. The summed E-state index contributed by atoms with van der Waals surface area (Å²) < 4.78 is 1.05. The number of hydrogen-bond acceptors (Lipinski definition) is 3. The third kappa shape index (κ3) is 3.46. The average Bonchev–Trinajstić information content (AvgIpc) is 2.52. The summed E-state index contributed by atoms with van der Waals surface area (Å²) in [5, 5.41) is 12.6. The van der Waals surface area contributed by atoms with Crippen LogP contribution in [0.25, 0.3) is 10.8 Å². The van der Waals surface area contributed by atoms with Crippen LogP contribution in [0.5, 0.6) is 0 Å². The second-order valence-electron chi connectivity index (χ2n) is 4.73. The monoisotopic (exact) mass is 359 g/mol. The maximum absolute atomic E-state index is 10.5. The lowest BCUT2D eigenvalue weighted by Gasteiger charge is -2.13. The first kappa shape index (κ1) is 14.6. The molecule has 3 rings (SSSR count). The van der Waals surface area contributed by atoms with Crippen LogP contribution in [0.3, 0.4) is 0 Å². The molecular weight excluding hydrogens is 346 g/mol. The largest absolute Gasteiger partial charge is 0.387 e. The van der Waals surface area contributed by atoms with Gasteiger partial charge in [-0.1, -0.05) is 46.3 Å². The van der Waals surface area contributed by atoms with Crippen LogP contribution in [0, 0.1) is 0 Å². The van der Waals surface area contributed by atoms with Crippen LogP contribution in [0.15, 0.2) is 70.3 Å². The molecule has 0 fully saturated rings. The number of aromatic nitrogens is 1. The SMILES string of the molecule is OC(CSc1cccc(Br)c1)c1cncc2ccccc12. The summed E-state index contributed by atoms with van der Waals surface area (Å²) in [6.07, 6.45) is 3.05. The van der Waals surface area contributed by atoms with Crippen LogP contribution in [-0.2, 0) is 0 Å². The van der Waals surface area contributed by atoms with Gasteiger partial charge in [0.2, 0.25) is 0 Å². The molecular formula is C17H14BrNOS. The molecule has 21 heavy (non-hydrogen) atoms. The first-order chi connectivity index (χ1) is 10.2. The minimum atomic E-state index is -0.535. The highest BCUT2D eigenvalue weighted by atomic mass is 79.9. The number of fused-ring (bicyclic) bond motifs is 1. The van der Waals surface area contributed by atoms with E-state index in [0.717, 1.165) is 25.7 Å². The van der Waals surface area contributed by atoms with E-state index >= 15 is 0 Å². The third-order valence-corrected chi connectivity index (χ3v) is 4.82. The molecule has 0 amide bonds. The van der Waals surface area contributed by atoms with E-state index < -0.39 is 6.10 Å². The van der Waals surface area contributed by atoms with E-state index in [0.29, 0.717) is 5.75 Å². The highest BCUT2D eigenvalue weighted by Crippen LogP contribution is 2.29.